The number of carboxylic acids is 1. The minimum Gasteiger partial charge on any atom is -0.480 e. The maximum Gasteiger partial charge on any atom is 0.317 e. The molecule has 1 N–H and O–H groups in total. The molecule has 1 aliphatic rings. The van der Waals surface area contributed by atoms with Crippen molar-refractivity contribution >= 4 is 11.9 Å². The zero-order valence-corrected chi connectivity index (χ0v) is 12.1. The highest BCUT2D eigenvalue weighted by Gasteiger charge is 2.31. The first-order valence-corrected chi connectivity index (χ1v) is 6.82. The second kappa shape index (κ2) is 7.45. The number of hydrogen-bond acceptors (Lipinski definition) is 4. The molecule has 1 fully saturated rings. The van der Waals surface area contributed by atoms with Gasteiger partial charge in [0.2, 0.25) is 5.91 Å². The van der Waals surface area contributed by atoms with Crippen molar-refractivity contribution in [3.8, 4) is 0 Å². The van der Waals surface area contributed by atoms with Crippen LogP contribution in [-0.4, -0.2) is 84.5 Å². The Morgan fingerprint density at radius 2 is 1.79 bits per heavy atom. The fourth-order valence-corrected chi connectivity index (χ4v) is 2.05. The van der Waals surface area contributed by atoms with Crippen LogP contribution in [0, 0.1) is 0 Å². The first-order valence-electron chi connectivity index (χ1n) is 6.82. The van der Waals surface area contributed by atoms with E-state index in [1.165, 1.54) is 0 Å². The fourth-order valence-electron chi connectivity index (χ4n) is 2.05. The van der Waals surface area contributed by atoms with Crippen LogP contribution in [0.3, 0.4) is 0 Å². The molecule has 0 aliphatic heterocycles. The highest BCUT2D eigenvalue weighted by molar-refractivity contribution is 5.79. The topological polar surface area (TPSA) is 64.1 Å². The molecule has 110 valence electrons. The lowest BCUT2D eigenvalue weighted by Gasteiger charge is -2.26. The molecule has 6 heteroatoms. The minimum absolute atomic E-state index is 0.0463. The average Bonchev–Trinajstić information content (AvgIpc) is 3.10. The summed E-state index contributed by atoms with van der Waals surface area (Å²) in [5, 5.41) is 8.90. The molecule has 0 unspecified atom stereocenters. The van der Waals surface area contributed by atoms with E-state index in [1.807, 2.05) is 30.8 Å². The molecule has 0 saturated heterocycles. The van der Waals surface area contributed by atoms with Crippen LogP contribution in [0.5, 0.6) is 0 Å². The molecule has 0 bridgehead atoms. The van der Waals surface area contributed by atoms with Gasteiger partial charge in [-0.2, -0.15) is 0 Å². The van der Waals surface area contributed by atoms with Crippen molar-refractivity contribution in [2.45, 2.75) is 25.8 Å². The Bertz CT molecular complexity index is 316. The first kappa shape index (κ1) is 15.9. The van der Waals surface area contributed by atoms with Gasteiger partial charge >= 0.3 is 5.97 Å². The lowest BCUT2D eigenvalue weighted by atomic mass is 10.3. The molecule has 0 aromatic heterocycles. The molecule has 0 aromatic rings. The molecular formula is C13H25N3O3. The Balaban J connectivity index is 2.49. The average molecular weight is 271 g/mol. The smallest absolute Gasteiger partial charge is 0.317 e. The van der Waals surface area contributed by atoms with E-state index in [0.717, 1.165) is 19.4 Å². The van der Waals surface area contributed by atoms with Crippen molar-refractivity contribution in [2.24, 2.45) is 0 Å². The molecule has 1 saturated carbocycles. The third-order valence-electron chi connectivity index (χ3n) is 3.23. The summed E-state index contributed by atoms with van der Waals surface area (Å²) < 4.78 is 0. The van der Waals surface area contributed by atoms with E-state index in [0.29, 0.717) is 19.1 Å². The highest BCUT2D eigenvalue weighted by Crippen LogP contribution is 2.26. The van der Waals surface area contributed by atoms with E-state index in [4.69, 9.17) is 5.11 Å². The van der Waals surface area contributed by atoms with Crippen LogP contribution in [0.15, 0.2) is 0 Å². The second-order valence-corrected chi connectivity index (χ2v) is 5.32. The molecule has 19 heavy (non-hydrogen) atoms. The van der Waals surface area contributed by atoms with Gasteiger partial charge in [0.05, 0.1) is 13.1 Å². The normalized spacial score (nSPS) is 15.0. The molecular weight excluding hydrogens is 246 g/mol. The fraction of sp³-hybridized carbons (Fsp3) is 0.846. The minimum atomic E-state index is -0.888. The summed E-state index contributed by atoms with van der Waals surface area (Å²) in [5.41, 5.74) is 0. The largest absolute Gasteiger partial charge is 0.480 e. The number of rotatable bonds is 9. The van der Waals surface area contributed by atoms with Crippen LogP contribution in [0.4, 0.5) is 0 Å². The van der Waals surface area contributed by atoms with E-state index in [2.05, 4.69) is 0 Å². The van der Waals surface area contributed by atoms with Crippen LogP contribution in [-0.2, 0) is 9.59 Å². The number of nitrogens with zero attached hydrogens (tertiary/aromatic N) is 3. The van der Waals surface area contributed by atoms with Crippen molar-refractivity contribution in [3.63, 3.8) is 0 Å². The molecule has 1 rings (SSSR count). The predicted octanol–water partition coefficient (Wildman–Crippen LogP) is -0.0545. The van der Waals surface area contributed by atoms with Gasteiger partial charge in [-0.25, -0.2) is 0 Å². The summed E-state index contributed by atoms with van der Waals surface area (Å²) in [6.45, 7) is 4.13. The predicted molar refractivity (Wildman–Crippen MR) is 73.0 cm³/mol. The number of amides is 1. The van der Waals surface area contributed by atoms with Gasteiger partial charge in [-0.3, -0.25) is 14.5 Å². The first-order chi connectivity index (χ1) is 8.93. The van der Waals surface area contributed by atoms with Gasteiger partial charge in [0.25, 0.3) is 0 Å². The van der Waals surface area contributed by atoms with Crippen molar-refractivity contribution < 1.29 is 14.7 Å². The number of carboxylic acid groups (broad SMARTS) is 1. The van der Waals surface area contributed by atoms with E-state index >= 15 is 0 Å². The molecule has 0 heterocycles. The van der Waals surface area contributed by atoms with Crippen LogP contribution in [0.25, 0.3) is 0 Å². The summed E-state index contributed by atoms with van der Waals surface area (Å²) in [6.07, 6.45) is 2.16. The lowest BCUT2D eigenvalue weighted by molar-refractivity contribution is -0.139. The zero-order valence-electron chi connectivity index (χ0n) is 12.1. The SMILES string of the molecule is CCN(C(=O)CN(CCN(C)C)CC(=O)O)C1CC1. The Labute approximate surface area is 115 Å². The summed E-state index contributed by atoms with van der Waals surface area (Å²) in [5.74, 6) is -0.842. The Kier molecular flexibility index (Phi) is 6.24. The van der Waals surface area contributed by atoms with E-state index < -0.39 is 5.97 Å². The molecule has 0 spiro atoms. The third kappa shape index (κ3) is 6.02. The summed E-state index contributed by atoms with van der Waals surface area (Å²) in [7, 11) is 3.87. The molecule has 1 amide bonds. The van der Waals surface area contributed by atoms with Crippen molar-refractivity contribution in [3.05, 3.63) is 0 Å². The van der Waals surface area contributed by atoms with Gasteiger partial charge in [0.15, 0.2) is 0 Å². The van der Waals surface area contributed by atoms with Crippen LogP contribution < -0.4 is 0 Å². The summed E-state index contributed by atoms with van der Waals surface area (Å²) in [4.78, 5) is 28.6. The van der Waals surface area contributed by atoms with Gasteiger partial charge in [0, 0.05) is 25.7 Å². The van der Waals surface area contributed by atoms with Crippen LogP contribution in [0.1, 0.15) is 19.8 Å². The Hall–Kier alpha value is -1.14. The quantitative estimate of drug-likeness (QED) is 0.637. The summed E-state index contributed by atoms with van der Waals surface area (Å²) in [6, 6.07) is 0.387. The molecule has 6 nitrogen and oxygen atoms in total. The van der Waals surface area contributed by atoms with Gasteiger partial charge in [0.1, 0.15) is 0 Å². The number of carbonyl (C=O) groups is 2. The van der Waals surface area contributed by atoms with Crippen LogP contribution in [0.2, 0.25) is 0 Å². The third-order valence-corrected chi connectivity index (χ3v) is 3.23. The maximum atomic E-state index is 12.2. The van der Waals surface area contributed by atoms with Gasteiger partial charge in [-0.1, -0.05) is 0 Å². The van der Waals surface area contributed by atoms with Crippen molar-refractivity contribution in [2.75, 3.05) is 46.8 Å². The van der Waals surface area contributed by atoms with Gasteiger partial charge in [-0.05, 0) is 33.9 Å². The van der Waals surface area contributed by atoms with E-state index in [9.17, 15) is 9.59 Å². The zero-order chi connectivity index (χ0) is 14.4. The number of carbonyl (C=O) groups excluding carboxylic acids is 1. The van der Waals surface area contributed by atoms with Crippen molar-refractivity contribution in [1.82, 2.24) is 14.7 Å². The Morgan fingerprint density at radius 1 is 1.16 bits per heavy atom. The van der Waals surface area contributed by atoms with Gasteiger partial charge in [-0.15, -0.1) is 0 Å². The standard InChI is InChI=1S/C13H25N3O3/c1-4-16(11-5-6-11)12(17)9-15(10-13(18)19)8-7-14(2)3/h11H,4-10H2,1-3H3,(H,18,19). The molecule has 0 atom stereocenters. The second-order valence-electron chi connectivity index (χ2n) is 5.32. The molecule has 0 aromatic carbocycles. The molecule has 1 aliphatic carbocycles. The van der Waals surface area contributed by atoms with E-state index in [1.54, 1.807) is 4.90 Å². The van der Waals surface area contributed by atoms with Crippen molar-refractivity contribution in [1.29, 1.82) is 0 Å². The lowest BCUT2D eigenvalue weighted by Crippen LogP contribution is -2.45. The number of hydrogen-bond donors (Lipinski definition) is 1. The Morgan fingerprint density at radius 3 is 2.21 bits per heavy atom. The maximum absolute atomic E-state index is 12.2. The summed E-state index contributed by atoms with van der Waals surface area (Å²) >= 11 is 0. The van der Waals surface area contributed by atoms with Crippen LogP contribution >= 0.6 is 0 Å². The van der Waals surface area contributed by atoms with Gasteiger partial charge < -0.3 is 14.9 Å². The number of aliphatic carboxylic acids is 1. The highest BCUT2D eigenvalue weighted by atomic mass is 16.4. The number of likely N-dealkylation sites (N-methyl/N-ethyl adjacent to an activating group) is 2. The molecule has 0 radical (unpaired) electrons. The van der Waals surface area contributed by atoms with E-state index in [-0.39, 0.29) is 19.0 Å². The monoisotopic (exact) mass is 271 g/mol.